The minimum atomic E-state index is -4.89. The van der Waals surface area contributed by atoms with E-state index in [-0.39, 0.29) is 4.31 Å². The summed E-state index contributed by atoms with van der Waals surface area (Å²) >= 11 is 0. The molecule has 0 amide bonds. The summed E-state index contributed by atoms with van der Waals surface area (Å²) in [7, 11) is -3.69. The SMILES string of the molecule is CN(C(c1ccc(F)cc1)C(F)(F)F)S(=O)(=O)c1cncnc1. The predicted molar refractivity (Wildman–Crippen MR) is 72.2 cm³/mol. The highest BCUT2D eigenvalue weighted by Crippen LogP contribution is 2.39. The summed E-state index contributed by atoms with van der Waals surface area (Å²) in [6.45, 7) is 0. The summed E-state index contributed by atoms with van der Waals surface area (Å²) < 4.78 is 77.9. The van der Waals surface area contributed by atoms with E-state index in [1.165, 1.54) is 0 Å². The van der Waals surface area contributed by atoms with Gasteiger partial charge in [0.25, 0.3) is 0 Å². The summed E-state index contributed by atoms with van der Waals surface area (Å²) in [5, 5.41) is 0. The summed E-state index contributed by atoms with van der Waals surface area (Å²) in [4.78, 5) is 6.51. The molecule has 1 heterocycles. The first-order valence-corrected chi connectivity index (χ1v) is 7.63. The van der Waals surface area contributed by atoms with Crippen LogP contribution in [0.5, 0.6) is 0 Å². The maximum absolute atomic E-state index is 13.4. The number of hydrogen-bond acceptors (Lipinski definition) is 4. The molecule has 0 bridgehead atoms. The maximum Gasteiger partial charge on any atom is 0.409 e. The lowest BCUT2D eigenvalue weighted by Crippen LogP contribution is -2.39. The van der Waals surface area contributed by atoms with Crippen LogP contribution >= 0.6 is 0 Å². The molecule has 1 atom stereocenters. The van der Waals surface area contributed by atoms with Gasteiger partial charge in [-0.1, -0.05) is 12.1 Å². The first-order valence-electron chi connectivity index (χ1n) is 6.19. The first kappa shape index (κ1) is 17.3. The minimum Gasteiger partial charge on any atom is -0.243 e. The van der Waals surface area contributed by atoms with Crippen molar-refractivity contribution in [2.24, 2.45) is 0 Å². The summed E-state index contributed by atoms with van der Waals surface area (Å²) in [6.07, 6.45) is -2.04. The highest BCUT2D eigenvalue weighted by atomic mass is 32.2. The molecular weight excluding hydrogens is 338 g/mol. The van der Waals surface area contributed by atoms with E-state index in [4.69, 9.17) is 0 Å². The minimum absolute atomic E-state index is 0.166. The van der Waals surface area contributed by atoms with Gasteiger partial charge in [-0.2, -0.15) is 17.5 Å². The van der Waals surface area contributed by atoms with E-state index >= 15 is 0 Å². The molecule has 0 fully saturated rings. The zero-order chi connectivity index (χ0) is 17.3. The van der Waals surface area contributed by atoms with Crippen molar-refractivity contribution in [3.05, 3.63) is 54.4 Å². The Kier molecular flexibility index (Phi) is 4.66. The van der Waals surface area contributed by atoms with Gasteiger partial charge >= 0.3 is 6.18 Å². The van der Waals surface area contributed by atoms with E-state index in [2.05, 4.69) is 9.97 Å². The zero-order valence-corrected chi connectivity index (χ0v) is 12.5. The molecule has 0 radical (unpaired) electrons. The van der Waals surface area contributed by atoms with Crippen molar-refractivity contribution in [2.45, 2.75) is 17.1 Å². The monoisotopic (exact) mass is 349 g/mol. The molecule has 1 unspecified atom stereocenters. The number of benzene rings is 1. The van der Waals surface area contributed by atoms with Gasteiger partial charge in [0.15, 0.2) is 0 Å². The van der Waals surface area contributed by atoms with Gasteiger partial charge < -0.3 is 0 Å². The van der Waals surface area contributed by atoms with E-state index in [1.54, 1.807) is 0 Å². The van der Waals surface area contributed by atoms with Crippen molar-refractivity contribution in [2.75, 3.05) is 7.05 Å². The Balaban J connectivity index is 2.50. The molecule has 1 aromatic heterocycles. The summed E-state index contributed by atoms with van der Waals surface area (Å²) in [5.74, 6) is -0.725. The molecule has 0 saturated heterocycles. The smallest absolute Gasteiger partial charge is 0.243 e. The largest absolute Gasteiger partial charge is 0.409 e. The lowest BCUT2D eigenvalue weighted by atomic mass is 10.1. The summed E-state index contributed by atoms with van der Waals surface area (Å²) in [6, 6.07) is 0.982. The molecule has 0 N–H and O–H groups in total. The molecule has 5 nitrogen and oxygen atoms in total. The van der Waals surface area contributed by atoms with Gasteiger partial charge in [0.2, 0.25) is 10.0 Å². The van der Waals surface area contributed by atoms with E-state index in [0.717, 1.165) is 50.0 Å². The number of aromatic nitrogens is 2. The zero-order valence-electron chi connectivity index (χ0n) is 11.7. The van der Waals surface area contributed by atoms with E-state index in [9.17, 15) is 26.0 Å². The molecular formula is C13H11F4N3O2S. The maximum atomic E-state index is 13.4. The molecule has 1 aromatic carbocycles. The Morgan fingerprint density at radius 1 is 1.09 bits per heavy atom. The molecule has 0 aliphatic carbocycles. The Morgan fingerprint density at radius 3 is 2.09 bits per heavy atom. The normalized spacial score (nSPS) is 14.0. The second kappa shape index (κ2) is 6.20. The molecule has 0 spiro atoms. The molecule has 0 aliphatic heterocycles. The molecule has 2 aromatic rings. The number of alkyl halides is 3. The number of sulfonamides is 1. The third-order valence-corrected chi connectivity index (χ3v) is 4.85. The first-order chi connectivity index (χ1) is 10.6. The second-order valence-corrected chi connectivity index (χ2v) is 6.59. The van der Waals surface area contributed by atoms with Crippen LogP contribution < -0.4 is 0 Å². The van der Waals surface area contributed by atoms with Crippen molar-refractivity contribution in [1.82, 2.24) is 14.3 Å². The van der Waals surface area contributed by atoms with Gasteiger partial charge in [0.1, 0.15) is 23.1 Å². The van der Waals surface area contributed by atoms with Crippen molar-refractivity contribution >= 4 is 10.0 Å². The average Bonchev–Trinajstić information content (AvgIpc) is 2.49. The van der Waals surface area contributed by atoms with Gasteiger partial charge in [-0.15, -0.1) is 0 Å². The second-order valence-electron chi connectivity index (χ2n) is 4.59. The standard InChI is InChI=1S/C13H11F4N3O2S/c1-20(23(21,22)11-6-18-8-19-7-11)12(13(15,16)17)9-2-4-10(14)5-3-9/h2-8,12H,1H3. The Morgan fingerprint density at radius 2 is 1.61 bits per heavy atom. The van der Waals surface area contributed by atoms with Gasteiger partial charge in [0.05, 0.1) is 12.4 Å². The fourth-order valence-electron chi connectivity index (χ4n) is 1.97. The van der Waals surface area contributed by atoms with Gasteiger partial charge in [-0.25, -0.2) is 22.8 Å². The molecule has 124 valence electrons. The van der Waals surface area contributed by atoms with Crippen molar-refractivity contribution < 1.29 is 26.0 Å². The van der Waals surface area contributed by atoms with Crippen molar-refractivity contribution in [1.29, 1.82) is 0 Å². The quantitative estimate of drug-likeness (QED) is 0.796. The lowest BCUT2D eigenvalue weighted by molar-refractivity contribution is -0.171. The molecule has 10 heteroatoms. The Labute approximate surface area is 129 Å². The highest BCUT2D eigenvalue weighted by Gasteiger charge is 2.47. The molecule has 0 saturated carbocycles. The molecule has 2 rings (SSSR count). The van der Waals surface area contributed by atoms with Crippen LogP contribution in [-0.4, -0.2) is 35.9 Å². The van der Waals surface area contributed by atoms with Crippen LogP contribution in [0.1, 0.15) is 11.6 Å². The number of halogens is 4. The average molecular weight is 349 g/mol. The van der Waals surface area contributed by atoms with Crippen LogP contribution in [0.4, 0.5) is 17.6 Å². The highest BCUT2D eigenvalue weighted by molar-refractivity contribution is 7.89. The van der Waals surface area contributed by atoms with Crippen molar-refractivity contribution in [3.8, 4) is 0 Å². The van der Waals surface area contributed by atoms with Crippen LogP contribution in [0.15, 0.2) is 47.9 Å². The lowest BCUT2D eigenvalue weighted by Gasteiger charge is -2.29. The predicted octanol–water partition coefficient (Wildman–Crippen LogP) is 2.54. The fraction of sp³-hybridized carbons (Fsp3) is 0.231. The van der Waals surface area contributed by atoms with E-state index in [0.29, 0.717) is 0 Å². The van der Waals surface area contributed by atoms with Gasteiger partial charge in [-0.3, -0.25) is 0 Å². The van der Waals surface area contributed by atoms with Crippen LogP contribution in [0.2, 0.25) is 0 Å². The number of hydrogen-bond donors (Lipinski definition) is 0. The number of rotatable bonds is 4. The Bertz CT molecular complexity index is 764. The fourth-order valence-corrected chi connectivity index (χ4v) is 3.21. The van der Waals surface area contributed by atoms with Crippen LogP contribution in [0.25, 0.3) is 0 Å². The molecule has 23 heavy (non-hydrogen) atoms. The van der Waals surface area contributed by atoms with Gasteiger partial charge in [-0.05, 0) is 17.7 Å². The third kappa shape index (κ3) is 3.64. The number of nitrogens with zero attached hydrogens (tertiary/aromatic N) is 3. The van der Waals surface area contributed by atoms with E-state index in [1.807, 2.05) is 0 Å². The van der Waals surface area contributed by atoms with Crippen LogP contribution in [0, 0.1) is 5.82 Å². The van der Waals surface area contributed by atoms with Gasteiger partial charge in [0, 0.05) is 7.05 Å². The topological polar surface area (TPSA) is 63.2 Å². The van der Waals surface area contributed by atoms with Crippen LogP contribution in [0.3, 0.4) is 0 Å². The van der Waals surface area contributed by atoms with Crippen molar-refractivity contribution in [3.63, 3.8) is 0 Å². The molecule has 0 aliphatic rings. The Hall–Kier alpha value is -2.07. The van der Waals surface area contributed by atoms with E-state index < -0.39 is 38.5 Å². The van der Waals surface area contributed by atoms with Crippen LogP contribution in [-0.2, 0) is 10.0 Å². The third-order valence-electron chi connectivity index (χ3n) is 3.07. The summed E-state index contributed by atoms with van der Waals surface area (Å²) in [5.41, 5.74) is -0.401.